The van der Waals surface area contributed by atoms with Crippen LogP contribution in [0.25, 0.3) is 6.08 Å². The number of aliphatic hydroxyl groups is 1. The van der Waals surface area contributed by atoms with Gasteiger partial charge in [0.25, 0.3) is 0 Å². The monoisotopic (exact) mass is 310 g/mol. The highest BCUT2D eigenvalue weighted by Gasteiger charge is 2.24. The highest BCUT2D eigenvalue weighted by Crippen LogP contribution is 2.18. The molecule has 0 saturated carbocycles. The number of carbonyl (C=O) groups is 1. The first-order valence-corrected chi connectivity index (χ1v) is 7.08. The van der Waals surface area contributed by atoms with E-state index in [1.807, 2.05) is 6.07 Å². The van der Waals surface area contributed by atoms with Gasteiger partial charge < -0.3 is 10.4 Å². The molecule has 118 valence electrons. The topological polar surface area (TPSA) is 90.9 Å². The molecule has 1 atom stereocenters. The molecule has 2 aromatic rings. The molecule has 6 heteroatoms. The number of amides is 1. The quantitative estimate of drug-likeness (QED) is 0.815. The van der Waals surface area contributed by atoms with E-state index in [9.17, 15) is 9.90 Å². The maximum atomic E-state index is 11.9. The maximum Gasteiger partial charge on any atom is 0.244 e. The molecule has 0 aliphatic rings. The second-order valence-corrected chi connectivity index (χ2v) is 5.46. The molecular formula is C17H18N4O2. The van der Waals surface area contributed by atoms with Crippen molar-refractivity contribution in [1.29, 1.82) is 5.26 Å². The van der Waals surface area contributed by atoms with Crippen molar-refractivity contribution in [1.82, 2.24) is 15.1 Å². The number of aromatic nitrogens is 2. The Morgan fingerprint density at radius 2 is 2.35 bits per heavy atom. The van der Waals surface area contributed by atoms with E-state index in [0.717, 1.165) is 5.56 Å². The van der Waals surface area contributed by atoms with Crippen LogP contribution < -0.4 is 5.32 Å². The van der Waals surface area contributed by atoms with Crippen molar-refractivity contribution < 1.29 is 9.90 Å². The normalized spacial score (nSPS) is 13.5. The van der Waals surface area contributed by atoms with Crippen LogP contribution in [0.4, 0.5) is 0 Å². The Bertz CT molecular complexity index is 769. The Morgan fingerprint density at radius 3 is 3.00 bits per heavy atom. The fraction of sp³-hybridized carbons (Fsp3) is 0.235. The van der Waals surface area contributed by atoms with Crippen LogP contribution in [0.2, 0.25) is 0 Å². The third kappa shape index (κ3) is 4.53. The molecule has 1 unspecified atom stereocenters. The number of carbonyl (C=O) groups excluding carboxylic acids is 1. The summed E-state index contributed by atoms with van der Waals surface area (Å²) in [5, 5.41) is 25.9. The average Bonchev–Trinajstić information content (AvgIpc) is 2.98. The highest BCUT2D eigenvalue weighted by atomic mass is 16.3. The number of nitriles is 1. The first kappa shape index (κ1) is 16.5. The molecule has 0 bridgehead atoms. The van der Waals surface area contributed by atoms with E-state index in [-0.39, 0.29) is 12.5 Å². The lowest BCUT2D eigenvalue weighted by Gasteiger charge is -2.21. The van der Waals surface area contributed by atoms with Crippen LogP contribution in [0.3, 0.4) is 0 Å². The zero-order valence-corrected chi connectivity index (χ0v) is 13.0. The van der Waals surface area contributed by atoms with Crippen LogP contribution in [-0.2, 0) is 17.4 Å². The summed E-state index contributed by atoms with van der Waals surface area (Å²) in [5.41, 5.74) is 0.731. The van der Waals surface area contributed by atoms with E-state index >= 15 is 0 Å². The predicted molar refractivity (Wildman–Crippen MR) is 86.0 cm³/mol. The summed E-state index contributed by atoms with van der Waals surface area (Å²) in [7, 11) is 1.76. The van der Waals surface area contributed by atoms with Crippen molar-refractivity contribution in [2.75, 3.05) is 6.54 Å². The van der Waals surface area contributed by atoms with Gasteiger partial charge in [-0.3, -0.25) is 9.48 Å². The number of nitrogens with one attached hydrogen (secondary N) is 1. The predicted octanol–water partition coefficient (Wildman–Crippen LogP) is 1.33. The molecule has 0 aliphatic carbocycles. The first-order chi connectivity index (χ1) is 10.9. The number of rotatable bonds is 5. The molecule has 0 spiro atoms. The number of hydrogen-bond acceptors (Lipinski definition) is 4. The van der Waals surface area contributed by atoms with Gasteiger partial charge in [-0.15, -0.1) is 0 Å². The molecule has 1 heterocycles. The minimum absolute atomic E-state index is 0.0695. The molecule has 1 aromatic heterocycles. The third-order valence-corrected chi connectivity index (χ3v) is 3.38. The molecule has 23 heavy (non-hydrogen) atoms. The number of aryl methyl sites for hydroxylation is 1. The Hall–Kier alpha value is -2.91. The SMILES string of the molecule is Cn1cc(C(C)(O)CNC(=O)C=Cc2cccc(C#N)c2)cn1. The number of benzene rings is 1. The number of hydrogen-bond donors (Lipinski definition) is 2. The van der Waals surface area contributed by atoms with Gasteiger partial charge in [-0.2, -0.15) is 10.4 Å². The van der Waals surface area contributed by atoms with E-state index < -0.39 is 5.60 Å². The fourth-order valence-electron chi connectivity index (χ4n) is 2.00. The van der Waals surface area contributed by atoms with Gasteiger partial charge in [-0.05, 0) is 30.7 Å². The molecule has 2 N–H and O–H groups in total. The highest BCUT2D eigenvalue weighted by molar-refractivity contribution is 5.91. The lowest BCUT2D eigenvalue weighted by Crippen LogP contribution is -2.37. The van der Waals surface area contributed by atoms with E-state index in [4.69, 9.17) is 5.26 Å². The standard InChI is InChI=1S/C17H18N4O2/c1-17(23,15-10-20-21(2)11-15)12-19-16(22)7-6-13-4-3-5-14(8-13)9-18/h3-8,10-11,23H,12H2,1-2H3,(H,19,22). The van der Waals surface area contributed by atoms with Gasteiger partial charge in [0.2, 0.25) is 5.91 Å². The van der Waals surface area contributed by atoms with Gasteiger partial charge in [0.1, 0.15) is 5.60 Å². The average molecular weight is 310 g/mol. The minimum Gasteiger partial charge on any atom is -0.383 e. The van der Waals surface area contributed by atoms with Gasteiger partial charge in [0.05, 0.1) is 24.4 Å². The molecule has 2 rings (SSSR count). The summed E-state index contributed by atoms with van der Waals surface area (Å²) in [6.45, 7) is 1.69. The van der Waals surface area contributed by atoms with Crippen LogP contribution in [0.1, 0.15) is 23.6 Å². The van der Waals surface area contributed by atoms with Gasteiger partial charge in [-0.25, -0.2) is 0 Å². The maximum absolute atomic E-state index is 11.9. The third-order valence-electron chi connectivity index (χ3n) is 3.38. The van der Waals surface area contributed by atoms with E-state index in [1.54, 1.807) is 61.4 Å². The minimum atomic E-state index is -1.20. The van der Waals surface area contributed by atoms with Gasteiger partial charge in [0.15, 0.2) is 0 Å². The lowest BCUT2D eigenvalue weighted by molar-refractivity contribution is -0.117. The molecule has 0 radical (unpaired) electrons. The van der Waals surface area contributed by atoms with E-state index in [1.165, 1.54) is 6.08 Å². The van der Waals surface area contributed by atoms with Crippen LogP contribution >= 0.6 is 0 Å². The molecule has 0 fully saturated rings. The molecule has 1 amide bonds. The number of nitrogens with zero attached hydrogens (tertiary/aromatic N) is 3. The Labute approximate surface area is 134 Å². The van der Waals surface area contributed by atoms with Crippen LogP contribution in [-0.4, -0.2) is 27.3 Å². The van der Waals surface area contributed by atoms with Crippen molar-refractivity contribution in [2.24, 2.45) is 7.05 Å². The molecule has 6 nitrogen and oxygen atoms in total. The van der Waals surface area contributed by atoms with Crippen LogP contribution in [0.5, 0.6) is 0 Å². The molecular weight excluding hydrogens is 292 g/mol. The largest absolute Gasteiger partial charge is 0.383 e. The Kier molecular flexibility index (Phi) is 4.94. The fourth-order valence-corrected chi connectivity index (χ4v) is 2.00. The van der Waals surface area contributed by atoms with Gasteiger partial charge in [-0.1, -0.05) is 12.1 Å². The van der Waals surface area contributed by atoms with Crippen LogP contribution in [0.15, 0.2) is 42.7 Å². The summed E-state index contributed by atoms with van der Waals surface area (Å²) in [5.74, 6) is -0.323. The second-order valence-electron chi connectivity index (χ2n) is 5.46. The van der Waals surface area contributed by atoms with E-state index in [2.05, 4.69) is 10.4 Å². The summed E-state index contributed by atoms with van der Waals surface area (Å²) < 4.78 is 1.59. The smallest absolute Gasteiger partial charge is 0.244 e. The first-order valence-electron chi connectivity index (χ1n) is 7.08. The molecule has 0 saturated heterocycles. The second kappa shape index (κ2) is 6.90. The Morgan fingerprint density at radius 1 is 1.57 bits per heavy atom. The van der Waals surface area contributed by atoms with Crippen molar-refractivity contribution in [3.63, 3.8) is 0 Å². The molecule has 0 aliphatic heterocycles. The van der Waals surface area contributed by atoms with Crippen molar-refractivity contribution in [3.05, 3.63) is 59.4 Å². The van der Waals surface area contributed by atoms with Crippen molar-refractivity contribution in [2.45, 2.75) is 12.5 Å². The molecule has 1 aromatic carbocycles. The summed E-state index contributed by atoms with van der Waals surface area (Å²) in [6, 6.07) is 8.99. The summed E-state index contributed by atoms with van der Waals surface area (Å²) >= 11 is 0. The van der Waals surface area contributed by atoms with Crippen LogP contribution in [0, 0.1) is 11.3 Å². The summed E-state index contributed by atoms with van der Waals surface area (Å²) in [4.78, 5) is 11.9. The lowest BCUT2D eigenvalue weighted by atomic mass is 10.00. The van der Waals surface area contributed by atoms with Crippen molar-refractivity contribution in [3.8, 4) is 6.07 Å². The van der Waals surface area contributed by atoms with E-state index in [0.29, 0.717) is 11.1 Å². The Balaban J connectivity index is 1.94. The zero-order chi connectivity index (χ0) is 16.9. The van der Waals surface area contributed by atoms with Gasteiger partial charge in [0, 0.05) is 24.9 Å². The van der Waals surface area contributed by atoms with Crippen molar-refractivity contribution >= 4 is 12.0 Å². The summed E-state index contributed by atoms with van der Waals surface area (Å²) in [6.07, 6.45) is 6.26. The van der Waals surface area contributed by atoms with Gasteiger partial charge >= 0.3 is 0 Å². The zero-order valence-electron chi connectivity index (χ0n) is 13.0.